The number of hydrogen-bond acceptors (Lipinski definition) is 3. The number of carbonyl (C=O) groups is 1. The Labute approximate surface area is 124 Å². The molecule has 4 nitrogen and oxygen atoms in total. The quantitative estimate of drug-likeness (QED) is 0.805. The van der Waals surface area contributed by atoms with Gasteiger partial charge in [-0.25, -0.2) is 0 Å². The van der Waals surface area contributed by atoms with Crippen LogP contribution in [0, 0.1) is 0 Å². The second-order valence-corrected chi connectivity index (χ2v) is 6.66. The van der Waals surface area contributed by atoms with E-state index in [2.05, 4.69) is 37.1 Å². The highest BCUT2D eigenvalue weighted by Crippen LogP contribution is 2.47. The van der Waals surface area contributed by atoms with E-state index in [4.69, 9.17) is 4.84 Å². The molecule has 0 saturated heterocycles. The molecule has 0 bridgehead atoms. The lowest BCUT2D eigenvalue weighted by atomic mass is 9.83. The zero-order valence-corrected chi connectivity index (χ0v) is 12.7. The molecule has 4 heteroatoms. The lowest BCUT2D eigenvalue weighted by Crippen LogP contribution is -2.52. The number of benzene rings is 1. The number of fused-ring (bicyclic) bond motifs is 3. The van der Waals surface area contributed by atoms with Gasteiger partial charge in [0.05, 0.1) is 18.7 Å². The summed E-state index contributed by atoms with van der Waals surface area (Å²) in [5.74, 6) is 0.208. The second-order valence-electron chi connectivity index (χ2n) is 6.66. The molecule has 0 radical (unpaired) electrons. The Bertz CT molecular complexity index is 745. The van der Waals surface area contributed by atoms with Crippen LogP contribution in [0.3, 0.4) is 0 Å². The molecule has 0 fully saturated rings. The van der Waals surface area contributed by atoms with Crippen LogP contribution >= 0.6 is 0 Å². The zero-order chi connectivity index (χ0) is 14.8. The molecule has 2 aromatic rings. The summed E-state index contributed by atoms with van der Waals surface area (Å²) in [6.45, 7) is 4.42. The smallest absolute Gasteiger partial charge is 0.231 e. The van der Waals surface area contributed by atoms with Crippen molar-refractivity contribution in [2.75, 3.05) is 7.11 Å². The minimum absolute atomic E-state index is 0.0677. The number of hydrogen-bond donors (Lipinski definition) is 0. The fraction of sp³-hybridized carbons (Fsp3) is 0.471. The lowest BCUT2D eigenvalue weighted by Gasteiger charge is -2.47. The summed E-state index contributed by atoms with van der Waals surface area (Å²) >= 11 is 0. The molecule has 1 aromatic heterocycles. The fourth-order valence-corrected chi connectivity index (χ4v) is 4.17. The Kier molecular flexibility index (Phi) is 2.60. The van der Waals surface area contributed by atoms with Crippen LogP contribution in [0.4, 0.5) is 0 Å². The van der Waals surface area contributed by atoms with Crippen LogP contribution in [0.15, 0.2) is 24.3 Å². The molecule has 110 valence electrons. The van der Waals surface area contributed by atoms with E-state index in [0.29, 0.717) is 6.42 Å². The number of rotatable bonds is 1. The predicted octanol–water partition coefficient (Wildman–Crippen LogP) is 3.31. The molecule has 21 heavy (non-hydrogen) atoms. The van der Waals surface area contributed by atoms with Crippen molar-refractivity contribution >= 4 is 16.8 Å². The molecule has 2 aliphatic heterocycles. The Hall–Kier alpha value is -1.65. The number of carbonyl (C=O) groups excluding carboxylic acids is 1. The van der Waals surface area contributed by atoms with E-state index in [9.17, 15) is 4.79 Å². The van der Waals surface area contributed by atoms with Crippen LogP contribution in [0.1, 0.15) is 48.8 Å². The van der Waals surface area contributed by atoms with E-state index < -0.39 is 0 Å². The molecule has 0 spiro atoms. The number of hydroxylamine groups is 2. The summed E-state index contributed by atoms with van der Waals surface area (Å²) in [4.78, 5) is 18.2. The largest absolute Gasteiger partial charge is 0.301 e. The maximum absolute atomic E-state index is 12.5. The Morgan fingerprint density at radius 1 is 1.29 bits per heavy atom. The topological polar surface area (TPSA) is 34.5 Å². The SMILES string of the molecule is CON1[C@H]2CCC(=O)n3c2c(c2ccccc23)CC1(C)C. The van der Waals surface area contributed by atoms with E-state index in [1.807, 2.05) is 10.6 Å². The van der Waals surface area contributed by atoms with Gasteiger partial charge in [0, 0.05) is 23.0 Å². The van der Waals surface area contributed by atoms with Gasteiger partial charge in [0.15, 0.2) is 0 Å². The van der Waals surface area contributed by atoms with E-state index in [1.165, 1.54) is 10.9 Å². The fourth-order valence-electron chi connectivity index (χ4n) is 4.17. The van der Waals surface area contributed by atoms with Gasteiger partial charge < -0.3 is 4.84 Å². The highest BCUT2D eigenvalue weighted by atomic mass is 16.7. The van der Waals surface area contributed by atoms with Gasteiger partial charge in [0.25, 0.3) is 0 Å². The van der Waals surface area contributed by atoms with Crippen molar-refractivity contribution in [3.63, 3.8) is 0 Å². The van der Waals surface area contributed by atoms with Gasteiger partial charge >= 0.3 is 0 Å². The first-order chi connectivity index (χ1) is 10.0. The number of aromatic nitrogens is 1. The minimum atomic E-state index is -0.0677. The maximum Gasteiger partial charge on any atom is 0.231 e. The molecule has 1 aromatic carbocycles. The van der Waals surface area contributed by atoms with Crippen LogP contribution in [0.25, 0.3) is 10.9 Å². The first kappa shape index (κ1) is 13.0. The van der Waals surface area contributed by atoms with Gasteiger partial charge in [-0.1, -0.05) is 18.2 Å². The Morgan fingerprint density at radius 3 is 2.81 bits per heavy atom. The molecule has 4 rings (SSSR count). The van der Waals surface area contributed by atoms with Gasteiger partial charge in [-0.2, -0.15) is 5.06 Å². The molecule has 0 amide bonds. The molecule has 1 atom stereocenters. The summed E-state index contributed by atoms with van der Waals surface area (Å²) in [5.41, 5.74) is 3.45. The molecular weight excluding hydrogens is 264 g/mol. The van der Waals surface area contributed by atoms with Crippen LogP contribution in [-0.4, -0.2) is 28.2 Å². The number of para-hydroxylation sites is 1. The van der Waals surface area contributed by atoms with Crippen molar-refractivity contribution in [3.8, 4) is 0 Å². The van der Waals surface area contributed by atoms with E-state index in [1.54, 1.807) is 7.11 Å². The third kappa shape index (κ3) is 1.60. The van der Waals surface area contributed by atoms with Gasteiger partial charge in [0.2, 0.25) is 5.91 Å². The molecular formula is C17H20N2O2. The van der Waals surface area contributed by atoms with Crippen molar-refractivity contribution in [1.82, 2.24) is 9.63 Å². The normalized spacial score (nSPS) is 24.3. The van der Waals surface area contributed by atoms with Crippen LogP contribution in [0.5, 0.6) is 0 Å². The average molecular weight is 284 g/mol. The van der Waals surface area contributed by atoms with Crippen LogP contribution in [0.2, 0.25) is 0 Å². The van der Waals surface area contributed by atoms with Crippen molar-refractivity contribution in [2.45, 2.75) is 44.7 Å². The molecule has 0 aliphatic carbocycles. The Morgan fingerprint density at radius 2 is 2.05 bits per heavy atom. The summed E-state index contributed by atoms with van der Waals surface area (Å²) in [5, 5.41) is 3.30. The van der Waals surface area contributed by atoms with Gasteiger partial charge in [-0.05, 0) is 38.3 Å². The summed E-state index contributed by atoms with van der Waals surface area (Å²) in [6, 6.07) is 8.42. The summed E-state index contributed by atoms with van der Waals surface area (Å²) < 4.78 is 1.93. The van der Waals surface area contributed by atoms with E-state index in [-0.39, 0.29) is 17.5 Å². The molecule has 0 unspecified atom stereocenters. The molecule has 0 N–H and O–H groups in total. The predicted molar refractivity (Wildman–Crippen MR) is 81.2 cm³/mol. The standard InChI is InChI=1S/C17H20N2O2/c1-17(2)10-12-11-6-4-5-7-13(11)18-15(20)9-8-14(16(12)18)19(17)21-3/h4-7,14H,8-10H2,1-3H3/t14-/m0/s1. The van der Waals surface area contributed by atoms with E-state index >= 15 is 0 Å². The highest BCUT2D eigenvalue weighted by molar-refractivity contribution is 5.97. The van der Waals surface area contributed by atoms with Crippen molar-refractivity contribution in [1.29, 1.82) is 0 Å². The summed E-state index contributed by atoms with van der Waals surface area (Å²) in [6.07, 6.45) is 2.30. The highest BCUT2D eigenvalue weighted by Gasteiger charge is 2.45. The van der Waals surface area contributed by atoms with Crippen molar-refractivity contribution in [3.05, 3.63) is 35.5 Å². The lowest BCUT2D eigenvalue weighted by molar-refractivity contribution is -0.230. The molecule has 2 aliphatic rings. The summed E-state index contributed by atoms with van der Waals surface area (Å²) in [7, 11) is 1.73. The second kappa shape index (κ2) is 4.18. The maximum atomic E-state index is 12.5. The number of nitrogens with zero attached hydrogens (tertiary/aromatic N) is 2. The van der Waals surface area contributed by atoms with Crippen LogP contribution < -0.4 is 0 Å². The Balaban J connectivity index is 2.08. The zero-order valence-electron chi connectivity index (χ0n) is 12.7. The van der Waals surface area contributed by atoms with E-state index in [0.717, 1.165) is 24.1 Å². The third-order valence-corrected chi connectivity index (χ3v) is 4.90. The average Bonchev–Trinajstić information content (AvgIpc) is 2.77. The van der Waals surface area contributed by atoms with Crippen molar-refractivity contribution < 1.29 is 9.63 Å². The molecule has 3 heterocycles. The minimum Gasteiger partial charge on any atom is -0.301 e. The monoisotopic (exact) mass is 284 g/mol. The van der Waals surface area contributed by atoms with Crippen LogP contribution in [-0.2, 0) is 11.3 Å². The van der Waals surface area contributed by atoms with Gasteiger partial charge in [-0.3, -0.25) is 9.36 Å². The van der Waals surface area contributed by atoms with Gasteiger partial charge in [0.1, 0.15) is 0 Å². The van der Waals surface area contributed by atoms with Crippen molar-refractivity contribution in [2.24, 2.45) is 0 Å². The third-order valence-electron chi connectivity index (χ3n) is 4.90. The first-order valence-corrected chi connectivity index (χ1v) is 7.53. The van der Waals surface area contributed by atoms with Gasteiger partial charge in [-0.15, -0.1) is 0 Å². The first-order valence-electron chi connectivity index (χ1n) is 7.53. The molecule has 0 saturated carbocycles.